The van der Waals surface area contributed by atoms with Crippen molar-refractivity contribution in [2.24, 2.45) is 0 Å². The first kappa shape index (κ1) is 20.5. The van der Waals surface area contributed by atoms with E-state index in [0.29, 0.717) is 22.6 Å². The first-order chi connectivity index (χ1) is 15.0. The van der Waals surface area contributed by atoms with E-state index in [1.54, 1.807) is 29.6 Å². The van der Waals surface area contributed by atoms with E-state index >= 15 is 0 Å². The minimum absolute atomic E-state index is 0.200. The molecule has 1 heterocycles. The van der Waals surface area contributed by atoms with Crippen LogP contribution in [0.3, 0.4) is 0 Å². The molecule has 0 fully saturated rings. The van der Waals surface area contributed by atoms with Crippen LogP contribution < -0.4 is 10.6 Å². The molecular weight excluding hydrogens is 406 g/mol. The number of hydrogen-bond donors (Lipinski definition) is 2. The molecule has 0 aliphatic heterocycles. The number of thiazole rings is 1. The van der Waals surface area contributed by atoms with Gasteiger partial charge in [0, 0.05) is 27.9 Å². The average molecular weight is 428 g/mol. The summed E-state index contributed by atoms with van der Waals surface area (Å²) in [6, 6.07) is 22.5. The quantitative estimate of drug-likeness (QED) is 0.415. The molecule has 154 valence electrons. The van der Waals surface area contributed by atoms with Gasteiger partial charge in [0.15, 0.2) is 0 Å². The third-order valence-corrected chi connectivity index (χ3v) is 5.79. The summed E-state index contributed by atoms with van der Waals surface area (Å²) in [7, 11) is 0. The van der Waals surface area contributed by atoms with Gasteiger partial charge in [-0.2, -0.15) is 0 Å². The Kier molecular flexibility index (Phi) is 5.91. The highest BCUT2D eigenvalue weighted by molar-refractivity contribution is 7.13. The van der Waals surface area contributed by atoms with E-state index < -0.39 is 0 Å². The highest BCUT2D eigenvalue weighted by atomic mass is 32.1. The Labute approximate surface area is 184 Å². The standard InChI is InChI=1S/C25H21N3O2S/c1-16-11-13-19(14-12-16)25-28-22(15-31-25)24(30)27-21-10-6-9-20(17(21)2)26-23(29)18-7-4-3-5-8-18/h3-15H,1-2H3,(H,26,29)(H,27,30). The lowest BCUT2D eigenvalue weighted by Gasteiger charge is -2.13. The zero-order chi connectivity index (χ0) is 21.8. The number of nitrogens with zero attached hydrogens (tertiary/aromatic N) is 1. The molecule has 31 heavy (non-hydrogen) atoms. The summed E-state index contributed by atoms with van der Waals surface area (Å²) >= 11 is 1.43. The highest BCUT2D eigenvalue weighted by Gasteiger charge is 2.15. The smallest absolute Gasteiger partial charge is 0.275 e. The number of nitrogens with one attached hydrogen (secondary N) is 2. The molecule has 6 heteroatoms. The molecule has 3 aromatic carbocycles. The Hall–Kier alpha value is -3.77. The minimum Gasteiger partial charge on any atom is -0.322 e. The third kappa shape index (κ3) is 4.70. The fourth-order valence-corrected chi connectivity index (χ4v) is 3.89. The van der Waals surface area contributed by atoms with Gasteiger partial charge in [0.2, 0.25) is 0 Å². The van der Waals surface area contributed by atoms with Crippen molar-refractivity contribution in [1.29, 1.82) is 0 Å². The molecule has 4 rings (SSSR count). The fourth-order valence-electron chi connectivity index (χ4n) is 3.08. The lowest BCUT2D eigenvalue weighted by molar-refractivity contribution is 0.101. The Bertz CT molecular complexity index is 1230. The molecule has 0 unspecified atom stereocenters. The predicted octanol–water partition coefficient (Wildman–Crippen LogP) is 5.93. The van der Waals surface area contributed by atoms with E-state index in [1.807, 2.05) is 62.4 Å². The summed E-state index contributed by atoms with van der Waals surface area (Å²) in [5.41, 5.74) is 5.13. The number of rotatable bonds is 5. The molecule has 2 N–H and O–H groups in total. The number of hydrogen-bond acceptors (Lipinski definition) is 4. The predicted molar refractivity (Wildman–Crippen MR) is 126 cm³/mol. The molecule has 5 nitrogen and oxygen atoms in total. The fraction of sp³-hybridized carbons (Fsp3) is 0.0800. The van der Waals surface area contributed by atoms with Gasteiger partial charge in [0.1, 0.15) is 10.7 Å². The molecule has 1 aromatic heterocycles. The molecule has 4 aromatic rings. The zero-order valence-electron chi connectivity index (χ0n) is 17.2. The summed E-state index contributed by atoms with van der Waals surface area (Å²) in [6.07, 6.45) is 0. The molecule has 0 saturated carbocycles. The van der Waals surface area contributed by atoms with Crippen LogP contribution in [0.1, 0.15) is 32.0 Å². The van der Waals surface area contributed by atoms with Crippen LogP contribution in [0.5, 0.6) is 0 Å². The van der Waals surface area contributed by atoms with Gasteiger partial charge in [-0.15, -0.1) is 11.3 Å². The van der Waals surface area contributed by atoms with E-state index in [1.165, 1.54) is 16.9 Å². The minimum atomic E-state index is -0.288. The van der Waals surface area contributed by atoms with E-state index in [2.05, 4.69) is 15.6 Å². The van der Waals surface area contributed by atoms with Crippen LogP contribution in [0.25, 0.3) is 10.6 Å². The van der Waals surface area contributed by atoms with Crippen LogP contribution in [-0.4, -0.2) is 16.8 Å². The average Bonchev–Trinajstić information content (AvgIpc) is 3.28. The molecule has 2 amide bonds. The van der Waals surface area contributed by atoms with Crippen molar-refractivity contribution >= 4 is 34.5 Å². The molecule has 0 bridgehead atoms. The van der Waals surface area contributed by atoms with Gasteiger partial charge < -0.3 is 10.6 Å². The SMILES string of the molecule is Cc1ccc(-c2nc(C(=O)Nc3cccc(NC(=O)c4ccccc4)c3C)cs2)cc1. The number of carbonyl (C=O) groups is 2. The Morgan fingerprint density at radius 2 is 1.42 bits per heavy atom. The van der Waals surface area contributed by atoms with Gasteiger partial charge in [0.05, 0.1) is 0 Å². The van der Waals surface area contributed by atoms with E-state index in [0.717, 1.165) is 16.1 Å². The van der Waals surface area contributed by atoms with Crippen LogP contribution in [0.15, 0.2) is 78.2 Å². The maximum absolute atomic E-state index is 12.8. The topological polar surface area (TPSA) is 71.1 Å². The van der Waals surface area contributed by atoms with Gasteiger partial charge in [-0.05, 0) is 43.7 Å². The van der Waals surface area contributed by atoms with Gasteiger partial charge in [-0.3, -0.25) is 9.59 Å². The Morgan fingerprint density at radius 1 is 0.774 bits per heavy atom. The van der Waals surface area contributed by atoms with Crippen LogP contribution in [0, 0.1) is 13.8 Å². The first-order valence-corrected chi connectivity index (χ1v) is 10.7. The number of amides is 2. The molecule has 0 atom stereocenters. The maximum atomic E-state index is 12.8. The lowest BCUT2D eigenvalue weighted by Crippen LogP contribution is -2.16. The Balaban J connectivity index is 1.49. The number of carbonyl (C=O) groups excluding carboxylic acids is 2. The van der Waals surface area contributed by atoms with Crippen molar-refractivity contribution in [3.63, 3.8) is 0 Å². The summed E-state index contributed by atoms with van der Waals surface area (Å²) in [5, 5.41) is 8.36. The monoisotopic (exact) mass is 427 g/mol. The van der Waals surface area contributed by atoms with Crippen LogP contribution in [-0.2, 0) is 0 Å². The van der Waals surface area contributed by atoms with Gasteiger partial charge in [-0.1, -0.05) is 54.1 Å². The maximum Gasteiger partial charge on any atom is 0.275 e. The Morgan fingerprint density at radius 3 is 2.10 bits per heavy atom. The van der Waals surface area contributed by atoms with E-state index in [-0.39, 0.29) is 11.8 Å². The van der Waals surface area contributed by atoms with Crippen molar-refractivity contribution in [3.8, 4) is 10.6 Å². The highest BCUT2D eigenvalue weighted by Crippen LogP contribution is 2.27. The van der Waals surface area contributed by atoms with E-state index in [9.17, 15) is 9.59 Å². The number of benzene rings is 3. The van der Waals surface area contributed by atoms with Crippen molar-refractivity contribution in [1.82, 2.24) is 4.98 Å². The second kappa shape index (κ2) is 8.93. The zero-order valence-corrected chi connectivity index (χ0v) is 18.0. The summed E-state index contributed by atoms with van der Waals surface area (Å²) in [4.78, 5) is 29.7. The summed E-state index contributed by atoms with van der Waals surface area (Å²) in [6.45, 7) is 3.89. The van der Waals surface area contributed by atoms with Gasteiger partial charge in [0.25, 0.3) is 11.8 Å². The number of anilines is 2. The normalized spacial score (nSPS) is 10.5. The van der Waals surface area contributed by atoms with Crippen molar-refractivity contribution in [2.45, 2.75) is 13.8 Å². The van der Waals surface area contributed by atoms with Gasteiger partial charge in [-0.25, -0.2) is 4.98 Å². The van der Waals surface area contributed by atoms with E-state index in [4.69, 9.17) is 0 Å². The molecular formula is C25H21N3O2S. The van der Waals surface area contributed by atoms with Crippen molar-refractivity contribution in [2.75, 3.05) is 10.6 Å². The summed E-state index contributed by atoms with van der Waals surface area (Å²) < 4.78 is 0. The first-order valence-electron chi connectivity index (χ1n) is 9.81. The van der Waals surface area contributed by atoms with Crippen LogP contribution >= 0.6 is 11.3 Å². The number of aromatic nitrogens is 1. The van der Waals surface area contributed by atoms with Crippen LogP contribution in [0.4, 0.5) is 11.4 Å². The van der Waals surface area contributed by atoms with Gasteiger partial charge >= 0.3 is 0 Å². The third-order valence-electron chi connectivity index (χ3n) is 4.90. The lowest BCUT2D eigenvalue weighted by atomic mass is 10.1. The number of aryl methyl sites for hydroxylation is 1. The molecule has 0 aliphatic rings. The van der Waals surface area contributed by atoms with Crippen LogP contribution in [0.2, 0.25) is 0 Å². The summed E-state index contributed by atoms with van der Waals surface area (Å²) in [5.74, 6) is -0.487. The largest absolute Gasteiger partial charge is 0.322 e. The molecule has 0 aliphatic carbocycles. The van der Waals surface area contributed by atoms with Crippen molar-refractivity contribution in [3.05, 3.63) is 101 Å². The second-order valence-electron chi connectivity index (χ2n) is 7.16. The molecule has 0 spiro atoms. The second-order valence-corrected chi connectivity index (χ2v) is 8.01. The molecule has 0 saturated heterocycles. The van der Waals surface area contributed by atoms with Crippen molar-refractivity contribution < 1.29 is 9.59 Å². The molecule has 0 radical (unpaired) electrons.